The zero-order valence-corrected chi connectivity index (χ0v) is 32.8. The summed E-state index contributed by atoms with van der Waals surface area (Å²) < 4.78 is 84.0. The predicted molar refractivity (Wildman–Crippen MR) is 241 cm³/mol. The van der Waals surface area contributed by atoms with E-state index in [1.54, 1.807) is 35.6 Å². The minimum atomic E-state index is -4.44. The van der Waals surface area contributed by atoms with Crippen molar-refractivity contribution in [2.24, 2.45) is 0 Å². The van der Waals surface area contributed by atoms with Crippen molar-refractivity contribution in [3.05, 3.63) is 193 Å². The molecule has 0 bridgehead atoms. The van der Waals surface area contributed by atoms with Gasteiger partial charge in [-0.15, -0.1) is 11.3 Å². The van der Waals surface area contributed by atoms with Crippen LogP contribution in [0, 0.1) is 0 Å². The maximum absolute atomic E-state index is 13.6. The SMILES string of the molecule is FC(F)(F)c1ccc(-c2c3ccccc3c(-c3cccc4c3sc3cccc(-c5c6ccccc6c(-c6ccc(C(F)(F)F)cc6)c6ccccc56)c34)c3ccccc23)cc1. The Labute approximate surface area is 349 Å². The van der Waals surface area contributed by atoms with Crippen molar-refractivity contribution in [2.45, 2.75) is 12.4 Å². The van der Waals surface area contributed by atoms with Crippen LogP contribution >= 0.6 is 11.3 Å². The Balaban J connectivity index is 1.17. The summed E-state index contributed by atoms with van der Waals surface area (Å²) in [5.41, 5.74) is 6.02. The Bertz CT molecular complexity index is 3430. The second-order valence-electron chi connectivity index (χ2n) is 15.3. The van der Waals surface area contributed by atoms with Crippen molar-refractivity contribution < 1.29 is 26.3 Å². The predicted octanol–water partition coefficient (Wildman–Crippen LogP) is 17.4. The lowest BCUT2D eigenvalue weighted by atomic mass is 9.84. The van der Waals surface area contributed by atoms with Crippen LogP contribution < -0.4 is 0 Å². The lowest BCUT2D eigenvalue weighted by Gasteiger charge is -2.19. The van der Waals surface area contributed by atoms with Crippen LogP contribution in [0.3, 0.4) is 0 Å². The fourth-order valence-corrected chi connectivity index (χ4v) is 10.6. The molecule has 7 heteroatoms. The number of halogens is 6. The van der Waals surface area contributed by atoms with Gasteiger partial charge in [-0.3, -0.25) is 0 Å². The molecule has 0 amide bonds. The quantitative estimate of drug-likeness (QED) is 0.123. The maximum atomic E-state index is 13.6. The van der Waals surface area contributed by atoms with Gasteiger partial charge in [0.15, 0.2) is 0 Å². The summed E-state index contributed by atoms with van der Waals surface area (Å²) >= 11 is 1.73. The van der Waals surface area contributed by atoms with Crippen LogP contribution in [0.4, 0.5) is 26.3 Å². The first-order valence-corrected chi connectivity index (χ1v) is 20.5. The van der Waals surface area contributed by atoms with Gasteiger partial charge in [0.25, 0.3) is 0 Å². The van der Waals surface area contributed by atoms with Crippen molar-refractivity contribution in [1.29, 1.82) is 0 Å². The largest absolute Gasteiger partial charge is 0.416 e. The third kappa shape index (κ3) is 5.90. The molecule has 0 aliphatic heterocycles. The smallest absolute Gasteiger partial charge is 0.166 e. The summed E-state index contributed by atoms with van der Waals surface area (Å²) in [4.78, 5) is 0. The van der Waals surface area contributed by atoms with Crippen molar-refractivity contribution in [3.63, 3.8) is 0 Å². The molecule has 0 nitrogen and oxygen atoms in total. The van der Waals surface area contributed by atoms with Crippen LogP contribution in [-0.4, -0.2) is 0 Å². The summed E-state index contributed by atoms with van der Waals surface area (Å²) in [5.74, 6) is 0. The number of rotatable bonds is 4. The van der Waals surface area contributed by atoms with Crippen molar-refractivity contribution in [3.8, 4) is 44.5 Å². The lowest BCUT2D eigenvalue weighted by Crippen LogP contribution is -2.04. The van der Waals surface area contributed by atoms with E-state index in [1.807, 2.05) is 72.8 Å². The molecule has 0 unspecified atom stereocenters. The van der Waals surface area contributed by atoms with E-state index in [9.17, 15) is 26.3 Å². The first kappa shape index (κ1) is 37.1. The van der Waals surface area contributed by atoms with Gasteiger partial charge >= 0.3 is 12.4 Å². The third-order valence-corrected chi connectivity index (χ3v) is 13.1. The van der Waals surface area contributed by atoms with Crippen molar-refractivity contribution in [2.75, 3.05) is 0 Å². The molecule has 11 rings (SSSR count). The Morgan fingerprint density at radius 3 is 1.02 bits per heavy atom. The van der Waals surface area contributed by atoms with Gasteiger partial charge in [-0.05, 0) is 112 Å². The van der Waals surface area contributed by atoms with E-state index in [0.717, 1.165) is 121 Å². The highest BCUT2D eigenvalue weighted by Crippen LogP contribution is 2.52. The lowest BCUT2D eigenvalue weighted by molar-refractivity contribution is -0.138. The fraction of sp³-hybridized carbons (Fsp3) is 0.0370. The highest BCUT2D eigenvalue weighted by molar-refractivity contribution is 7.26. The van der Waals surface area contributed by atoms with Crippen LogP contribution in [0.5, 0.6) is 0 Å². The maximum Gasteiger partial charge on any atom is 0.416 e. The number of thiophene rings is 1. The topological polar surface area (TPSA) is 0 Å². The molecular formula is C54H30F6S. The monoisotopic (exact) mass is 824 g/mol. The van der Waals surface area contributed by atoms with Gasteiger partial charge in [-0.1, -0.05) is 152 Å². The molecule has 294 valence electrons. The van der Waals surface area contributed by atoms with E-state index in [2.05, 4.69) is 60.7 Å². The Morgan fingerprint density at radius 2 is 0.623 bits per heavy atom. The minimum absolute atomic E-state index is 0.687. The summed E-state index contributed by atoms with van der Waals surface area (Å²) in [6, 6.07) is 56.2. The number of alkyl halides is 6. The molecule has 0 spiro atoms. The van der Waals surface area contributed by atoms with Gasteiger partial charge < -0.3 is 0 Å². The highest BCUT2D eigenvalue weighted by Gasteiger charge is 2.31. The second-order valence-corrected chi connectivity index (χ2v) is 16.3. The molecule has 0 saturated carbocycles. The molecule has 0 N–H and O–H groups in total. The molecule has 0 saturated heterocycles. The van der Waals surface area contributed by atoms with Gasteiger partial charge in [0.1, 0.15) is 0 Å². The average Bonchev–Trinajstić information content (AvgIpc) is 3.67. The minimum Gasteiger partial charge on any atom is -0.166 e. The van der Waals surface area contributed by atoms with Crippen LogP contribution in [-0.2, 0) is 12.4 Å². The second kappa shape index (κ2) is 13.8. The number of hydrogen-bond donors (Lipinski definition) is 0. The molecule has 61 heavy (non-hydrogen) atoms. The normalized spacial score (nSPS) is 12.4. The molecule has 1 aromatic heterocycles. The van der Waals surface area contributed by atoms with Crippen LogP contribution in [0.25, 0.3) is 108 Å². The first-order chi connectivity index (χ1) is 29.6. The van der Waals surface area contributed by atoms with Crippen molar-refractivity contribution in [1.82, 2.24) is 0 Å². The van der Waals surface area contributed by atoms with E-state index in [0.29, 0.717) is 11.1 Å². The number of hydrogen-bond acceptors (Lipinski definition) is 1. The molecule has 0 aliphatic rings. The Morgan fingerprint density at radius 1 is 0.295 bits per heavy atom. The molecule has 1 heterocycles. The first-order valence-electron chi connectivity index (χ1n) is 19.7. The van der Waals surface area contributed by atoms with Gasteiger partial charge in [-0.25, -0.2) is 0 Å². The van der Waals surface area contributed by atoms with Gasteiger partial charge in [0.2, 0.25) is 0 Å². The van der Waals surface area contributed by atoms with E-state index in [4.69, 9.17) is 0 Å². The van der Waals surface area contributed by atoms with E-state index >= 15 is 0 Å². The van der Waals surface area contributed by atoms with E-state index < -0.39 is 23.5 Å². The zero-order chi connectivity index (χ0) is 41.6. The molecule has 10 aromatic carbocycles. The van der Waals surface area contributed by atoms with Gasteiger partial charge in [0.05, 0.1) is 11.1 Å². The van der Waals surface area contributed by atoms with Crippen LogP contribution in [0.2, 0.25) is 0 Å². The number of fused-ring (bicyclic) bond motifs is 7. The van der Waals surface area contributed by atoms with E-state index in [-0.39, 0.29) is 0 Å². The Hall–Kier alpha value is -6.96. The van der Waals surface area contributed by atoms with Gasteiger partial charge in [-0.2, -0.15) is 26.3 Å². The van der Waals surface area contributed by atoms with Crippen LogP contribution in [0.1, 0.15) is 11.1 Å². The standard InChI is InChI=1S/C54H30F6S/c55-53(56,57)33-27-23-31(24-28-33)47-35-11-1-5-15-39(35)49(40-16-6-2-12-36(40)47)43-19-10-22-46-51(43)45-21-9-20-44(52(45)61-46)50-41-17-7-3-13-37(41)48(38-14-4-8-18-42(38)50)32-25-29-34(30-26-32)54(58,59)60/h1-30H. The summed E-state index contributed by atoms with van der Waals surface area (Å²) in [5, 5.41) is 9.96. The molecule has 0 fully saturated rings. The molecule has 0 atom stereocenters. The molecule has 11 aromatic rings. The summed E-state index contributed by atoms with van der Waals surface area (Å²) in [7, 11) is 0. The molecule has 0 aliphatic carbocycles. The fourth-order valence-electron chi connectivity index (χ4n) is 9.36. The van der Waals surface area contributed by atoms with E-state index in [1.165, 1.54) is 0 Å². The zero-order valence-electron chi connectivity index (χ0n) is 32.0. The summed E-state index contributed by atoms with van der Waals surface area (Å²) in [6.45, 7) is 0. The van der Waals surface area contributed by atoms with Crippen LogP contribution in [0.15, 0.2) is 182 Å². The Kier molecular flexibility index (Phi) is 8.38. The van der Waals surface area contributed by atoms with Crippen molar-refractivity contribution >= 4 is 74.6 Å². The molecular weight excluding hydrogens is 795 g/mol. The third-order valence-electron chi connectivity index (χ3n) is 11.9. The van der Waals surface area contributed by atoms with Gasteiger partial charge in [0, 0.05) is 25.7 Å². The summed E-state index contributed by atoms with van der Waals surface area (Å²) in [6.07, 6.45) is -8.87. The highest BCUT2D eigenvalue weighted by atomic mass is 32.1. The number of benzene rings is 10. The molecule has 0 radical (unpaired) electrons. The average molecular weight is 825 g/mol.